The molecule has 0 heterocycles. The normalized spacial score (nSPS) is 10.9. The van der Waals surface area contributed by atoms with Gasteiger partial charge in [0.25, 0.3) is 0 Å². The van der Waals surface area contributed by atoms with Crippen molar-refractivity contribution in [1.29, 1.82) is 0 Å². The molecule has 0 aromatic carbocycles. The van der Waals surface area contributed by atoms with Gasteiger partial charge in [-0.05, 0) is 20.5 Å². The summed E-state index contributed by atoms with van der Waals surface area (Å²) in [5.74, 6) is 1.29. The summed E-state index contributed by atoms with van der Waals surface area (Å²) in [4.78, 5) is 0. The summed E-state index contributed by atoms with van der Waals surface area (Å²) in [6, 6.07) is 0. The lowest BCUT2D eigenvalue weighted by atomic mass is 10.2. The first-order chi connectivity index (χ1) is 5.27. The number of hydrogen-bond donors (Lipinski definition) is 0. The maximum Gasteiger partial charge on any atom is 0.00806 e. The highest BCUT2D eigenvalue weighted by Gasteiger charge is 1.91. The molecule has 2 heteroatoms. The Labute approximate surface area is 75.7 Å². The second kappa shape index (κ2) is 8.41. The summed E-state index contributed by atoms with van der Waals surface area (Å²) in [5, 5.41) is 0. The Bertz CT molecular complexity index is 74.0. The third kappa shape index (κ3) is 10.3. The van der Waals surface area contributed by atoms with Crippen LogP contribution in [0.3, 0.4) is 0 Å². The van der Waals surface area contributed by atoms with Crippen molar-refractivity contribution in [3.8, 4) is 0 Å². The van der Waals surface area contributed by atoms with E-state index in [1.165, 1.54) is 37.9 Å². The molecule has 0 aliphatic heterocycles. The third-order valence-electron chi connectivity index (χ3n) is 1.60. The highest BCUT2D eigenvalue weighted by Crippen LogP contribution is 2.09. The average Bonchev–Trinajstić information content (AvgIpc) is 1.96. The molecule has 0 saturated carbocycles. The van der Waals surface area contributed by atoms with E-state index in [1.54, 1.807) is 0 Å². The van der Waals surface area contributed by atoms with Gasteiger partial charge >= 0.3 is 0 Å². The molecule has 0 spiro atoms. The van der Waals surface area contributed by atoms with Crippen LogP contribution >= 0.6 is 11.9 Å². The van der Waals surface area contributed by atoms with E-state index in [2.05, 4.69) is 25.3 Å². The van der Waals surface area contributed by atoms with E-state index in [1.807, 2.05) is 11.9 Å². The standard InChI is InChI=1S/C9H21NS/c1-4-5-6-7-8-9-11-10(2)3/h4-9H2,1-3H3. The molecule has 11 heavy (non-hydrogen) atoms. The van der Waals surface area contributed by atoms with Crippen molar-refractivity contribution in [2.45, 2.75) is 39.0 Å². The summed E-state index contributed by atoms with van der Waals surface area (Å²) in [6.45, 7) is 2.26. The van der Waals surface area contributed by atoms with Gasteiger partial charge in [-0.1, -0.05) is 44.6 Å². The van der Waals surface area contributed by atoms with Crippen LogP contribution in [0, 0.1) is 0 Å². The van der Waals surface area contributed by atoms with Crippen molar-refractivity contribution in [1.82, 2.24) is 4.31 Å². The third-order valence-corrected chi connectivity index (χ3v) is 2.59. The Balaban J connectivity index is 2.80. The maximum absolute atomic E-state index is 2.26. The first kappa shape index (κ1) is 11.3. The van der Waals surface area contributed by atoms with Crippen LogP contribution in [-0.4, -0.2) is 24.2 Å². The lowest BCUT2D eigenvalue weighted by Crippen LogP contribution is -2.00. The first-order valence-electron chi connectivity index (χ1n) is 4.57. The van der Waals surface area contributed by atoms with Gasteiger partial charge in [-0.3, -0.25) is 4.31 Å². The van der Waals surface area contributed by atoms with Crippen LogP contribution in [0.25, 0.3) is 0 Å². The van der Waals surface area contributed by atoms with E-state index < -0.39 is 0 Å². The fourth-order valence-electron chi connectivity index (χ4n) is 0.953. The zero-order valence-electron chi connectivity index (χ0n) is 8.10. The molecule has 0 atom stereocenters. The molecule has 0 fully saturated rings. The molecule has 0 aromatic heterocycles. The second-order valence-corrected chi connectivity index (χ2v) is 4.46. The van der Waals surface area contributed by atoms with Crippen LogP contribution in [0.2, 0.25) is 0 Å². The van der Waals surface area contributed by atoms with Crippen LogP contribution in [0.15, 0.2) is 0 Å². The van der Waals surface area contributed by atoms with E-state index in [0.29, 0.717) is 0 Å². The zero-order chi connectivity index (χ0) is 8.53. The van der Waals surface area contributed by atoms with Gasteiger partial charge in [-0.2, -0.15) is 0 Å². The zero-order valence-corrected chi connectivity index (χ0v) is 8.91. The van der Waals surface area contributed by atoms with E-state index in [-0.39, 0.29) is 0 Å². The second-order valence-electron chi connectivity index (χ2n) is 3.06. The highest BCUT2D eigenvalue weighted by molar-refractivity contribution is 7.96. The van der Waals surface area contributed by atoms with Crippen molar-refractivity contribution in [2.24, 2.45) is 0 Å². The molecule has 0 N–H and O–H groups in total. The molecule has 0 radical (unpaired) electrons. The molecule has 0 aliphatic rings. The van der Waals surface area contributed by atoms with Crippen LogP contribution in [0.5, 0.6) is 0 Å². The van der Waals surface area contributed by atoms with Crippen LogP contribution in [0.4, 0.5) is 0 Å². The average molecular weight is 175 g/mol. The Hall–Kier alpha value is 0.310. The van der Waals surface area contributed by atoms with Crippen molar-refractivity contribution in [3.05, 3.63) is 0 Å². The molecule has 0 amide bonds. The minimum atomic E-state index is 1.29. The van der Waals surface area contributed by atoms with Gasteiger partial charge in [0.05, 0.1) is 0 Å². The van der Waals surface area contributed by atoms with E-state index >= 15 is 0 Å². The Morgan fingerprint density at radius 1 is 1.00 bits per heavy atom. The summed E-state index contributed by atoms with van der Waals surface area (Å²) >= 11 is 1.92. The van der Waals surface area contributed by atoms with Crippen LogP contribution < -0.4 is 0 Å². The van der Waals surface area contributed by atoms with Crippen LogP contribution in [-0.2, 0) is 0 Å². The summed E-state index contributed by atoms with van der Waals surface area (Å²) < 4.78 is 2.18. The fraction of sp³-hybridized carbons (Fsp3) is 1.00. The summed E-state index contributed by atoms with van der Waals surface area (Å²) in [6.07, 6.45) is 6.97. The Kier molecular flexibility index (Phi) is 8.64. The maximum atomic E-state index is 2.26. The predicted molar refractivity (Wildman–Crippen MR) is 54.9 cm³/mol. The predicted octanol–water partition coefficient (Wildman–Crippen LogP) is 3.17. The number of rotatable bonds is 7. The smallest absolute Gasteiger partial charge is 0.00806 e. The quantitative estimate of drug-likeness (QED) is 0.432. The van der Waals surface area contributed by atoms with Gasteiger partial charge in [0.2, 0.25) is 0 Å². The van der Waals surface area contributed by atoms with Gasteiger partial charge in [0, 0.05) is 5.75 Å². The van der Waals surface area contributed by atoms with E-state index in [0.717, 1.165) is 0 Å². The van der Waals surface area contributed by atoms with Crippen molar-refractivity contribution in [3.63, 3.8) is 0 Å². The van der Waals surface area contributed by atoms with Gasteiger partial charge in [-0.15, -0.1) is 0 Å². The van der Waals surface area contributed by atoms with Gasteiger partial charge in [0.15, 0.2) is 0 Å². The number of hydrogen-bond acceptors (Lipinski definition) is 2. The lowest BCUT2D eigenvalue weighted by Gasteiger charge is -2.07. The highest BCUT2D eigenvalue weighted by atomic mass is 32.2. The van der Waals surface area contributed by atoms with Gasteiger partial charge in [0.1, 0.15) is 0 Å². The molecule has 0 aliphatic carbocycles. The molecule has 0 unspecified atom stereocenters. The van der Waals surface area contributed by atoms with Crippen molar-refractivity contribution >= 4 is 11.9 Å². The van der Waals surface area contributed by atoms with Crippen molar-refractivity contribution in [2.75, 3.05) is 19.8 Å². The summed E-state index contributed by atoms with van der Waals surface area (Å²) in [7, 11) is 4.22. The lowest BCUT2D eigenvalue weighted by molar-refractivity contribution is 0.651. The van der Waals surface area contributed by atoms with Gasteiger partial charge < -0.3 is 0 Å². The first-order valence-corrected chi connectivity index (χ1v) is 5.52. The van der Waals surface area contributed by atoms with E-state index in [4.69, 9.17) is 0 Å². The Morgan fingerprint density at radius 3 is 2.18 bits per heavy atom. The molecule has 0 saturated heterocycles. The molecular weight excluding hydrogens is 154 g/mol. The largest absolute Gasteiger partial charge is 0.257 e. The molecule has 1 nitrogen and oxygen atoms in total. The molecule has 0 rings (SSSR count). The monoisotopic (exact) mass is 175 g/mol. The molecule has 0 aromatic rings. The van der Waals surface area contributed by atoms with Gasteiger partial charge in [-0.25, -0.2) is 0 Å². The minimum absolute atomic E-state index is 1.29. The number of unbranched alkanes of at least 4 members (excludes halogenated alkanes) is 4. The minimum Gasteiger partial charge on any atom is -0.257 e. The van der Waals surface area contributed by atoms with Crippen molar-refractivity contribution < 1.29 is 0 Å². The molecule has 68 valence electrons. The molecular formula is C9H21NS. The summed E-state index contributed by atoms with van der Waals surface area (Å²) in [5.41, 5.74) is 0. The Morgan fingerprint density at radius 2 is 1.64 bits per heavy atom. The topological polar surface area (TPSA) is 3.24 Å². The van der Waals surface area contributed by atoms with Crippen LogP contribution in [0.1, 0.15) is 39.0 Å². The van der Waals surface area contributed by atoms with E-state index in [9.17, 15) is 0 Å². The molecule has 0 bridgehead atoms. The fourth-order valence-corrected chi connectivity index (χ4v) is 1.65. The SMILES string of the molecule is CCCCCCCSN(C)C. The number of nitrogens with zero attached hydrogens (tertiary/aromatic N) is 1.